The van der Waals surface area contributed by atoms with Crippen molar-refractivity contribution in [2.24, 2.45) is 5.73 Å². The number of benzene rings is 1. The highest BCUT2D eigenvalue weighted by atomic mass is 16.5. The van der Waals surface area contributed by atoms with Crippen molar-refractivity contribution in [3.63, 3.8) is 0 Å². The molecule has 0 spiro atoms. The Morgan fingerprint density at radius 1 is 1.28 bits per heavy atom. The Labute approximate surface area is 109 Å². The first-order valence-corrected chi connectivity index (χ1v) is 6.30. The molecule has 0 heterocycles. The second-order valence-electron chi connectivity index (χ2n) is 4.21. The predicted molar refractivity (Wildman–Crippen MR) is 73.4 cm³/mol. The van der Waals surface area contributed by atoms with Gasteiger partial charge >= 0.3 is 0 Å². The molecule has 18 heavy (non-hydrogen) atoms. The number of nitrogens with one attached hydrogen (secondary N) is 1. The third-order valence-electron chi connectivity index (χ3n) is 2.63. The van der Waals surface area contributed by atoms with Crippen LogP contribution in [0.15, 0.2) is 18.2 Å². The summed E-state index contributed by atoms with van der Waals surface area (Å²) in [6, 6.07) is 5.52. The number of nitrogens with two attached hydrogens (primary N) is 1. The van der Waals surface area contributed by atoms with E-state index in [2.05, 4.69) is 6.92 Å². The molecular weight excluding hydrogens is 228 g/mol. The zero-order valence-corrected chi connectivity index (χ0v) is 11.2. The number of ether oxygens (including phenoxy) is 2. The van der Waals surface area contributed by atoms with Gasteiger partial charge in [0.25, 0.3) is 0 Å². The highest BCUT2D eigenvalue weighted by Crippen LogP contribution is 2.19. The van der Waals surface area contributed by atoms with Gasteiger partial charge in [0, 0.05) is 12.2 Å². The Morgan fingerprint density at radius 3 is 2.72 bits per heavy atom. The fourth-order valence-corrected chi connectivity index (χ4v) is 1.48. The van der Waals surface area contributed by atoms with Crippen LogP contribution in [0.2, 0.25) is 0 Å². The zero-order valence-electron chi connectivity index (χ0n) is 11.2. The van der Waals surface area contributed by atoms with Crippen molar-refractivity contribution in [3.8, 4) is 5.75 Å². The first-order valence-electron chi connectivity index (χ1n) is 6.30. The van der Waals surface area contributed by atoms with Crippen LogP contribution >= 0.6 is 0 Å². The van der Waals surface area contributed by atoms with Gasteiger partial charge in [0.15, 0.2) is 0 Å². The van der Waals surface area contributed by atoms with Crippen LogP contribution in [0.1, 0.15) is 30.9 Å². The van der Waals surface area contributed by atoms with Crippen LogP contribution in [0.4, 0.5) is 0 Å². The third-order valence-corrected chi connectivity index (χ3v) is 2.63. The maximum atomic E-state index is 7.39. The van der Waals surface area contributed by atoms with Gasteiger partial charge in [0.05, 0.1) is 6.61 Å². The second-order valence-corrected chi connectivity index (χ2v) is 4.21. The van der Waals surface area contributed by atoms with Crippen LogP contribution in [0.25, 0.3) is 0 Å². The zero-order chi connectivity index (χ0) is 13.4. The van der Waals surface area contributed by atoms with Gasteiger partial charge in [0.1, 0.15) is 18.2 Å². The van der Waals surface area contributed by atoms with Crippen molar-refractivity contribution in [1.82, 2.24) is 0 Å². The van der Waals surface area contributed by atoms with Crippen LogP contribution < -0.4 is 10.5 Å². The lowest BCUT2D eigenvalue weighted by Crippen LogP contribution is -2.12. The molecule has 0 fully saturated rings. The van der Waals surface area contributed by atoms with Crippen molar-refractivity contribution in [2.75, 3.05) is 19.8 Å². The van der Waals surface area contributed by atoms with Crippen LogP contribution in [0.5, 0.6) is 5.75 Å². The highest BCUT2D eigenvalue weighted by molar-refractivity contribution is 5.95. The fraction of sp³-hybridized carbons (Fsp3) is 0.500. The molecule has 4 heteroatoms. The number of rotatable bonds is 8. The lowest BCUT2D eigenvalue weighted by Gasteiger charge is -2.11. The molecule has 0 saturated carbocycles. The number of nitrogen functional groups attached to an aromatic ring is 1. The first-order chi connectivity index (χ1) is 8.65. The second kappa shape index (κ2) is 7.71. The van der Waals surface area contributed by atoms with Crippen molar-refractivity contribution >= 4 is 5.84 Å². The summed E-state index contributed by atoms with van der Waals surface area (Å²) in [6.07, 6.45) is 2.22. The number of amidine groups is 1. The first kappa shape index (κ1) is 14.5. The molecular formula is C14H22N2O2. The maximum absolute atomic E-state index is 7.39. The van der Waals surface area contributed by atoms with Gasteiger partial charge < -0.3 is 15.2 Å². The molecule has 0 atom stereocenters. The van der Waals surface area contributed by atoms with E-state index in [0.717, 1.165) is 30.8 Å². The van der Waals surface area contributed by atoms with E-state index in [1.807, 2.05) is 19.1 Å². The Balaban J connectivity index is 2.41. The van der Waals surface area contributed by atoms with Crippen molar-refractivity contribution < 1.29 is 9.47 Å². The van der Waals surface area contributed by atoms with Gasteiger partial charge in [-0.25, -0.2) is 0 Å². The molecule has 0 saturated heterocycles. The van der Waals surface area contributed by atoms with Gasteiger partial charge in [0.2, 0.25) is 0 Å². The minimum atomic E-state index is 0.0547. The summed E-state index contributed by atoms with van der Waals surface area (Å²) in [5.74, 6) is 0.820. The van der Waals surface area contributed by atoms with Gasteiger partial charge in [-0.05, 0) is 25.0 Å². The fourth-order valence-electron chi connectivity index (χ4n) is 1.48. The molecule has 100 valence electrons. The van der Waals surface area contributed by atoms with E-state index >= 15 is 0 Å². The van der Waals surface area contributed by atoms with Crippen LogP contribution in [0, 0.1) is 12.3 Å². The standard InChI is InChI=1S/C14H22N2O2/c1-3-4-7-17-8-9-18-13-10-12(14(15)16)6-5-11(13)2/h5-6,10H,3-4,7-9H2,1-2H3,(H3,15,16). The third kappa shape index (κ3) is 4.75. The van der Waals surface area contributed by atoms with E-state index in [9.17, 15) is 0 Å². The molecule has 0 aromatic heterocycles. The Bertz CT molecular complexity index is 391. The summed E-state index contributed by atoms with van der Waals surface area (Å²) in [7, 11) is 0. The summed E-state index contributed by atoms with van der Waals surface area (Å²) < 4.78 is 11.1. The normalized spacial score (nSPS) is 10.3. The molecule has 0 amide bonds. The van der Waals surface area contributed by atoms with E-state index in [4.69, 9.17) is 20.6 Å². The minimum absolute atomic E-state index is 0.0547. The molecule has 0 unspecified atom stereocenters. The largest absolute Gasteiger partial charge is 0.491 e. The number of hydrogen-bond acceptors (Lipinski definition) is 3. The summed E-state index contributed by atoms with van der Waals surface area (Å²) in [6.45, 7) is 6.00. The monoisotopic (exact) mass is 250 g/mol. The topological polar surface area (TPSA) is 68.3 Å². The lowest BCUT2D eigenvalue weighted by molar-refractivity contribution is 0.0978. The molecule has 0 aliphatic carbocycles. The quantitative estimate of drug-likeness (QED) is 0.423. The lowest BCUT2D eigenvalue weighted by atomic mass is 10.1. The minimum Gasteiger partial charge on any atom is -0.491 e. The van der Waals surface area contributed by atoms with E-state index in [0.29, 0.717) is 18.8 Å². The van der Waals surface area contributed by atoms with Crippen LogP contribution in [-0.2, 0) is 4.74 Å². The average Bonchev–Trinajstić information content (AvgIpc) is 2.35. The van der Waals surface area contributed by atoms with Crippen molar-refractivity contribution in [1.29, 1.82) is 5.41 Å². The molecule has 0 aliphatic rings. The van der Waals surface area contributed by atoms with Gasteiger partial charge in [-0.3, -0.25) is 5.41 Å². The molecule has 4 nitrogen and oxygen atoms in total. The molecule has 1 aromatic carbocycles. The van der Waals surface area contributed by atoms with Crippen LogP contribution in [-0.4, -0.2) is 25.7 Å². The van der Waals surface area contributed by atoms with Crippen molar-refractivity contribution in [3.05, 3.63) is 29.3 Å². The van der Waals surface area contributed by atoms with Gasteiger partial charge in [-0.1, -0.05) is 25.5 Å². The Morgan fingerprint density at radius 2 is 2.06 bits per heavy atom. The average molecular weight is 250 g/mol. The maximum Gasteiger partial charge on any atom is 0.123 e. The summed E-state index contributed by atoms with van der Waals surface area (Å²) in [4.78, 5) is 0. The molecule has 0 aliphatic heterocycles. The molecule has 1 rings (SSSR count). The molecule has 1 aromatic rings. The summed E-state index contributed by atoms with van der Waals surface area (Å²) in [5.41, 5.74) is 7.16. The molecule has 0 radical (unpaired) electrons. The Kier molecular flexibility index (Phi) is 6.22. The van der Waals surface area contributed by atoms with Crippen molar-refractivity contribution in [2.45, 2.75) is 26.7 Å². The number of unbranched alkanes of at least 4 members (excludes halogenated alkanes) is 1. The molecule has 3 N–H and O–H groups in total. The summed E-state index contributed by atoms with van der Waals surface area (Å²) in [5, 5.41) is 7.39. The molecule has 0 bridgehead atoms. The smallest absolute Gasteiger partial charge is 0.123 e. The van der Waals surface area contributed by atoms with Crippen LogP contribution in [0.3, 0.4) is 0 Å². The van der Waals surface area contributed by atoms with E-state index in [-0.39, 0.29) is 5.84 Å². The van der Waals surface area contributed by atoms with Gasteiger partial charge in [-0.2, -0.15) is 0 Å². The predicted octanol–water partition coefficient (Wildman–Crippen LogP) is 2.47. The highest BCUT2D eigenvalue weighted by Gasteiger charge is 2.03. The number of hydrogen-bond donors (Lipinski definition) is 2. The Hall–Kier alpha value is -1.55. The van der Waals surface area contributed by atoms with E-state index in [1.54, 1.807) is 6.07 Å². The van der Waals surface area contributed by atoms with E-state index in [1.165, 1.54) is 0 Å². The number of aryl methyl sites for hydroxylation is 1. The van der Waals surface area contributed by atoms with E-state index < -0.39 is 0 Å². The van der Waals surface area contributed by atoms with Gasteiger partial charge in [-0.15, -0.1) is 0 Å². The SMILES string of the molecule is CCCCOCCOc1cc(C(=N)N)ccc1C. The summed E-state index contributed by atoms with van der Waals surface area (Å²) >= 11 is 0.